The molecule has 7 nitrogen and oxygen atoms in total. The molecule has 7 heteroatoms. The number of hydrogen-bond donors (Lipinski definition) is 4. The lowest BCUT2D eigenvalue weighted by Gasteiger charge is -2.21. The summed E-state index contributed by atoms with van der Waals surface area (Å²) in [5.74, 6) is -1.11. The Balaban J connectivity index is 3.66. The van der Waals surface area contributed by atoms with E-state index in [2.05, 4.69) is 10.6 Å². The van der Waals surface area contributed by atoms with E-state index in [1.165, 1.54) is 6.92 Å². The maximum atomic E-state index is 11.3. The van der Waals surface area contributed by atoms with Crippen LogP contribution in [0.4, 0.5) is 4.79 Å². The van der Waals surface area contributed by atoms with Crippen molar-refractivity contribution in [2.24, 2.45) is 0 Å². The van der Waals surface area contributed by atoms with Crippen LogP contribution in [0.1, 0.15) is 26.2 Å². The van der Waals surface area contributed by atoms with Gasteiger partial charge in [0.15, 0.2) is 0 Å². The van der Waals surface area contributed by atoms with Gasteiger partial charge in [0.1, 0.15) is 0 Å². The molecule has 0 saturated carbocycles. The fourth-order valence-electron chi connectivity index (χ4n) is 1.29. The minimum atomic E-state index is -1.45. The second-order valence-corrected chi connectivity index (χ2v) is 4.38. The van der Waals surface area contributed by atoms with Crippen molar-refractivity contribution >= 4 is 12.0 Å². The van der Waals surface area contributed by atoms with Crippen LogP contribution >= 0.6 is 0 Å². The van der Waals surface area contributed by atoms with Gasteiger partial charge in [-0.25, -0.2) is 4.79 Å². The van der Waals surface area contributed by atoms with E-state index < -0.39 is 24.0 Å². The molecule has 0 heterocycles. The van der Waals surface area contributed by atoms with E-state index in [0.717, 1.165) is 12.8 Å². The van der Waals surface area contributed by atoms with Crippen LogP contribution in [0, 0.1) is 0 Å². The minimum Gasteiger partial charge on any atom is -0.481 e. The first-order valence-electron chi connectivity index (χ1n) is 5.82. The van der Waals surface area contributed by atoms with Gasteiger partial charge < -0.3 is 25.6 Å². The molecule has 0 aliphatic heterocycles. The Morgan fingerprint density at radius 3 is 2.50 bits per heavy atom. The number of aliphatic hydroxyl groups is 1. The van der Waals surface area contributed by atoms with Gasteiger partial charge in [0.25, 0.3) is 0 Å². The number of methoxy groups -OCH3 is 1. The van der Waals surface area contributed by atoms with Gasteiger partial charge in [-0.15, -0.1) is 0 Å². The van der Waals surface area contributed by atoms with Crippen LogP contribution in [0.2, 0.25) is 0 Å². The van der Waals surface area contributed by atoms with Crippen LogP contribution in [0.25, 0.3) is 0 Å². The summed E-state index contributed by atoms with van der Waals surface area (Å²) in [6, 6.07) is -0.418. The number of carbonyl (C=O) groups is 2. The Bertz CT molecular complexity index is 268. The number of urea groups is 1. The Hall–Kier alpha value is -1.34. The summed E-state index contributed by atoms with van der Waals surface area (Å²) in [7, 11) is 1.62. The lowest BCUT2D eigenvalue weighted by molar-refractivity contribution is -0.141. The molecule has 0 aliphatic rings. The van der Waals surface area contributed by atoms with E-state index in [-0.39, 0.29) is 6.54 Å². The van der Waals surface area contributed by atoms with Crippen molar-refractivity contribution in [1.82, 2.24) is 10.6 Å². The van der Waals surface area contributed by atoms with Gasteiger partial charge >= 0.3 is 12.0 Å². The molecule has 0 aromatic carbocycles. The highest BCUT2D eigenvalue weighted by atomic mass is 16.5. The summed E-state index contributed by atoms with van der Waals surface area (Å²) in [5.41, 5.74) is -1.45. The molecule has 4 N–H and O–H groups in total. The summed E-state index contributed by atoms with van der Waals surface area (Å²) in [4.78, 5) is 21.7. The number of carboxylic acids is 1. The van der Waals surface area contributed by atoms with Gasteiger partial charge in [-0.1, -0.05) is 0 Å². The Morgan fingerprint density at radius 1 is 1.28 bits per heavy atom. The van der Waals surface area contributed by atoms with Gasteiger partial charge in [-0.2, -0.15) is 0 Å². The van der Waals surface area contributed by atoms with Crippen molar-refractivity contribution in [3.8, 4) is 0 Å². The van der Waals surface area contributed by atoms with E-state index >= 15 is 0 Å². The second-order valence-electron chi connectivity index (χ2n) is 4.38. The fraction of sp³-hybridized carbons (Fsp3) is 0.818. The molecule has 0 rings (SSSR count). The molecule has 1 atom stereocenters. The second kappa shape index (κ2) is 8.71. The quantitative estimate of drug-likeness (QED) is 0.435. The molecule has 18 heavy (non-hydrogen) atoms. The normalized spacial score (nSPS) is 13.7. The number of amides is 2. The fourth-order valence-corrected chi connectivity index (χ4v) is 1.29. The third kappa shape index (κ3) is 9.86. The molecule has 0 saturated heterocycles. The number of carboxylic acid groups (broad SMARTS) is 1. The standard InChI is InChI=1S/C11H22N2O5/c1-11(17,7-9(14)15)8-13-10(16)12-5-3-4-6-18-2/h17H,3-8H2,1-2H3,(H,14,15)(H2,12,13,16). The van der Waals surface area contributed by atoms with E-state index in [1.54, 1.807) is 7.11 Å². The predicted octanol–water partition coefficient (Wildman–Crippen LogP) is -0.0621. The average molecular weight is 262 g/mol. The zero-order chi connectivity index (χ0) is 14.0. The maximum absolute atomic E-state index is 11.3. The average Bonchev–Trinajstić information content (AvgIpc) is 2.24. The highest BCUT2D eigenvalue weighted by Gasteiger charge is 2.24. The number of ether oxygens (including phenoxy) is 1. The molecule has 0 spiro atoms. The lowest BCUT2D eigenvalue weighted by atomic mass is 10.0. The third-order valence-corrected chi connectivity index (χ3v) is 2.22. The molecular weight excluding hydrogens is 240 g/mol. The van der Waals surface area contributed by atoms with Crippen LogP contribution < -0.4 is 10.6 Å². The number of hydrogen-bond acceptors (Lipinski definition) is 4. The molecule has 0 bridgehead atoms. The number of aliphatic carboxylic acids is 1. The lowest BCUT2D eigenvalue weighted by Crippen LogP contribution is -2.46. The maximum Gasteiger partial charge on any atom is 0.314 e. The van der Waals surface area contributed by atoms with Crippen LogP contribution in [-0.4, -0.2) is 54.6 Å². The molecule has 106 valence electrons. The Kier molecular flexibility index (Phi) is 8.06. The van der Waals surface area contributed by atoms with Crippen molar-refractivity contribution < 1.29 is 24.5 Å². The summed E-state index contributed by atoms with van der Waals surface area (Å²) in [6.07, 6.45) is 1.24. The zero-order valence-corrected chi connectivity index (χ0v) is 10.9. The van der Waals surface area contributed by atoms with Crippen molar-refractivity contribution in [3.63, 3.8) is 0 Å². The first-order chi connectivity index (χ1) is 8.37. The van der Waals surface area contributed by atoms with Crippen LogP contribution in [0.15, 0.2) is 0 Å². The SMILES string of the molecule is COCCCCNC(=O)NCC(C)(O)CC(=O)O. The minimum absolute atomic E-state index is 0.108. The molecular formula is C11H22N2O5. The summed E-state index contributed by atoms with van der Waals surface area (Å²) in [5, 5.41) is 23.2. The Labute approximate surface area is 107 Å². The largest absolute Gasteiger partial charge is 0.481 e. The van der Waals surface area contributed by atoms with Crippen LogP contribution in [-0.2, 0) is 9.53 Å². The monoisotopic (exact) mass is 262 g/mol. The molecule has 1 unspecified atom stereocenters. The molecule has 2 amide bonds. The summed E-state index contributed by atoms with van der Waals surface area (Å²) in [6.45, 7) is 2.41. The van der Waals surface area contributed by atoms with Crippen molar-refractivity contribution in [2.75, 3.05) is 26.8 Å². The number of nitrogens with one attached hydrogen (secondary N) is 2. The summed E-state index contributed by atoms with van der Waals surface area (Å²) >= 11 is 0. The van der Waals surface area contributed by atoms with Crippen molar-refractivity contribution in [1.29, 1.82) is 0 Å². The van der Waals surface area contributed by atoms with Crippen molar-refractivity contribution in [3.05, 3.63) is 0 Å². The summed E-state index contributed by atoms with van der Waals surface area (Å²) < 4.78 is 4.86. The molecule has 0 fully saturated rings. The highest BCUT2D eigenvalue weighted by molar-refractivity contribution is 5.74. The van der Waals surface area contributed by atoms with Gasteiger partial charge in [0.2, 0.25) is 0 Å². The van der Waals surface area contributed by atoms with Crippen molar-refractivity contribution in [2.45, 2.75) is 31.8 Å². The smallest absolute Gasteiger partial charge is 0.314 e. The van der Waals surface area contributed by atoms with Crippen LogP contribution in [0.5, 0.6) is 0 Å². The number of rotatable bonds is 9. The first-order valence-corrected chi connectivity index (χ1v) is 5.82. The Morgan fingerprint density at radius 2 is 1.94 bits per heavy atom. The first kappa shape index (κ1) is 16.7. The highest BCUT2D eigenvalue weighted by Crippen LogP contribution is 2.06. The molecule has 0 radical (unpaired) electrons. The predicted molar refractivity (Wildman–Crippen MR) is 65.4 cm³/mol. The number of unbranched alkanes of at least 4 members (excludes halogenated alkanes) is 1. The van der Waals surface area contributed by atoms with Gasteiger partial charge in [0, 0.05) is 26.8 Å². The molecule has 0 aromatic rings. The van der Waals surface area contributed by atoms with E-state index in [0.29, 0.717) is 13.2 Å². The third-order valence-electron chi connectivity index (χ3n) is 2.22. The van der Waals surface area contributed by atoms with E-state index in [1.807, 2.05) is 0 Å². The van der Waals surface area contributed by atoms with E-state index in [9.17, 15) is 14.7 Å². The molecule has 0 aliphatic carbocycles. The van der Waals surface area contributed by atoms with Crippen LogP contribution in [0.3, 0.4) is 0 Å². The van der Waals surface area contributed by atoms with Gasteiger partial charge in [0.05, 0.1) is 12.0 Å². The number of carbonyl (C=O) groups excluding carboxylic acids is 1. The van der Waals surface area contributed by atoms with Gasteiger partial charge in [-0.3, -0.25) is 4.79 Å². The van der Waals surface area contributed by atoms with E-state index in [4.69, 9.17) is 9.84 Å². The zero-order valence-electron chi connectivity index (χ0n) is 10.9. The van der Waals surface area contributed by atoms with Gasteiger partial charge in [-0.05, 0) is 19.8 Å². The molecule has 0 aromatic heterocycles. The topological polar surface area (TPSA) is 108 Å².